The second kappa shape index (κ2) is 7.04. The number of likely N-dealkylation sites (N-methyl/N-ethyl adjacent to an activating group) is 1. The summed E-state index contributed by atoms with van der Waals surface area (Å²) in [4.78, 5) is 35.3. The summed E-state index contributed by atoms with van der Waals surface area (Å²) in [5, 5.41) is 0.587. The summed E-state index contributed by atoms with van der Waals surface area (Å²) in [5.41, 5.74) is 1.75. The Morgan fingerprint density at radius 2 is 1.74 bits per heavy atom. The van der Waals surface area contributed by atoms with Crippen molar-refractivity contribution in [1.29, 1.82) is 0 Å². The lowest BCUT2D eigenvalue weighted by atomic mass is 10.1. The standard InChI is InChI=1S/C20H19ClN4O2/c1-2-24-19(26)17-18(22-13-23(17)12-14-6-4-3-5-7-14)25(20(24)27)16-10-8-15(21)9-11-16/h3-11,13,17-18H,2,12H2,1H3. The Bertz CT molecular complexity index is 885. The molecule has 6 nitrogen and oxygen atoms in total. The molecule has 0 radical (unpaired) electrons. The number of hydrogen-bond acceptors (Lipinski definition) is 4. The number of hydrogen-bond donors (Lipinski definition) is 0. The number of carbonyl (C=O) groups is 2. The Morgan fingerprint density at radius 1 is 1.04 bits per heavy atom. The zero-order valence-electron chi connectivity index (χ0n) is 14.8. The third-order valence-corrected chi connectivity index (χ3v) is 5.11. The summed E-state index contributed by atoms with van der Waals surface area (Å²) < 4.78 is 0. The lowest BCUT2D eigenvalue weighted by Gasteiger charge is -2.42. The minimum atomic E-state index is -0.585. The maximum Gasteiger partial charge on any atom is 0.333 e. The van der Waals surface area contributed by atoms with Gasteiger partial charge in [0.2, 0.25) is 0 Å². The SMILES string of the molecule is CCN1C(=O)C2C(N=CN2Cc2ccccc2)N(c2ccc(Cl)cc2)C1=O. The summed E-state index contributed by atoms with van der Waals surface area (Å²) in [6.07, 6.45) is 1.09. The maximum absolute atomic E-state index is 13.0. The molecule has 2 aromatic carbocycles. The third kappa shape index (κ3) is 3.06. The Labute approximate surface area is 162 Å². The van der Waals surface area contributed by atoms with Crippen LogP contribution >= 0.6 is 11.6 Å². The summed E-state index contributed by atoms with van der Waals surface area (Å²) in [6.45, 7) is 2.66. The van der Waals surface area contributed by atoms with E-state index >= 15 is 0 Å². The van der Waals surface area contributed by atoms with Gasteiger partial charge < -0.3 is 4.90 Å². The number of rotatable bonds is 4. The van der Waals surface area contributed by atoms with Crippen molar-refractivity contribution < 1.29 is 9.59 Å². The molecule has 2 unspecified atom stereocenters. The van der Waals surface area contributed by atoms with Gasteiger partial charge in [0, 0.05) is 23.8 Å². The van der Waals surface area contributed by atoms with Gasteiger partial charge in [0.25, 0.3) is 5.91 Å². The molecule has 27 heavy (non-hydrogen) atoms. The van der Waals surface area contributed by atoms with Crippen molar-refractivity contribution in [2.24, 2.45) is 4.99 Å². The van der Waals surface area contributed by atoms with E-state index in [0.717, 1.165) is 5.56 Å². The summed E-state index contributed by atoms with van der Waals surface area (Å²) in [6, 6.07) is 16.0. The van der Waals surface area contributed by atoms with Crippen LogP contribution in [0.15, 0.2) is 59.6 Å². The van der Waals surface area contributed by atoms with Crippen molar-refractivity contribution in [3.63, 3.8) is 0 Å². The molecule has 2 aliphatic rings. The van der Waals surface area contributed by atoms with Gasteiger partial charge in [-0.25, -0.2) is 9.79 Å². The maximum atomic E-state index is 13.0. The Kier molecular flexibility index (Phi) is 4.58. The van der Waals surface area contributed by atoms with Gasteiger partial charge in [-0.15, -0.1) is 0 Å². The van der Waals surface area contributed by atoms with Crippen LogP contribution in [0.4, 0.5) is 10.5 Å². The van der Waals surface area contributed by atoms with Gasteiger partial charge in [-0.05, 0) is 36.8 Å². The molecular formula is C20H19ClN4O2. The molecule has 138 valence electrons. The zero-order chi connectivity index (χ0) is 19.0. The largest absolute Gasteiger partial charge is 0.343 e. The van der Waals surface area contributed by atoms with Crippen molar-refractivity contribution in [2.45, 2.75) is 25.7 Å². The molecule has 0 aliphatic carbocycles. The van der Waals surface area contributed by atoms with Crippen molar-refractivity contribution >= 4 is 35.6 Å². The van der Waals surface area contributed by atoms with E-state index in [0.29, 0.717) is 23.8 Å². The fourth-order valence-electron chi connectivity index (χ4n) is 3.54. The van der Waals surface area contributed by atoms with Crippen LogP contribution in [0.1, 0.15) is 12.5 Å². The quantitative estimate of drug-likeness (QED) is 0.814. The van der Waals surface area contributed by atoms with E-state index in [1.165, 1.54) is 4.90 Å². The van der Waals surface area contributed by atoms with Crippen molar-refractivity contribution in [2.75, 3.05) is 11.4 Å². The number of urea groups is 1. The highest BCUT2D eigenvalue weighted by atomic mass is 35.5. The average Bonchev–Trinajstić information content (AvgIpc) is 3.08. The topological polar surface area (TPSA) is 56.2 Å². The highest BCUT2D eigenvalue weighted by molar-refractivity contribution is 6.30. The van der Waals surface area contributed by atoms with E-state index in [4.69, 9.17) is 11.6 Å². The molecule has 4 rings (SSSR count). The van der Waals surface area contributed by atoms with Crippen molar-refractivity contribution in [1.82, 2.24) is 9.80 Å². The summed E-state index contributed by atoms with van der Waals surface area (Å²) in [7, 11) is 0. The van der Waals surface area contributed by atoms with E-state index in [9.17, 15) is 9.59 Å². The number of carbonyl (C=O) groups excluding carboxylic acids is 2. The first kappa shape index (κ1) is 17.5. The minimum Gasteiger partial charge on any atom is -0.343 e. The van der Waals surface area contributed by atoms with Crippen LogP contribution in [0, 0.1) is 0 Å². The van der Waals surface area contributed by atoms with Gasteiger partial charge >= 0.3 is 6.03 Å². The monoisotopic (exact) mass is 382 g/mol. The molecule has 3 amide bonds. The predicted octanol–water partition coefficient (Wildman–Crippen LogP) is 3.37. The van der Waals surface area contributed by atoms with Crippen LogP contribution in [0.3, 0.4) is 0 Å². The van der Waals surface area contributed by atoms with Gasteiger partial charge in [0.05, 0.1) is 6.34 Å². The molecular weight excluding hydrogens is 364 g/mol. The van der Waals surface area contributed by atoms with E-state index < -0.39 is 12.2 Å². The number of anilines is 1. The first-order valence-electron chi connectivity index (χ1n) is 8.83. The highest BCUT2D eigenvalue weighted by Crippen LogP contribution is 2.32. The van der Waals surface area contributed by atoms with E-state index in [1.807, 2.05) is 35.2 Å². The summed E-state index contributed by atoms with van der Waals surface area (Å²) >= 11 is 5.99. The van der Waals surface area contributed by atoms with Crippen molar-refractivity contribution in [3.8, 4) is 0 Å². The fourth-order valence-corrected chi connectivity index (χ4v) is 3.67. The van der Waals surface area contributed by atoms with E-state index in [-0.39, 0.29) is 11.9 Å². The number of aliphatic imine (C=N–C) groups is 1. The second-order valence-corrected chi connectivity index (χ2v) is 6.93. The van der Waals surface area contributed by atoms with Crippen LogP contribution in [-0.4, -0.2) is 46.8 Å². The summed E-state index contributed by atoms with van der Waals surface area (Å²) in [5.74, 6) is -0.217. The third-order valence-electron chi connectivity index (χ3n) is 4.86. The van der Waals surface area contributed by atoms with Gasteiger partial charge in [-0.3, -0.25) is 14.6 Å². The zero-order valence-corrected chi connectivity index (χ0v) is 15.6. The number of fused-ring (bicyclic) bond motifs is 1. The van der Waals surface area contributed by atoms with Crippen LogP contribution in [0.25, 0.3) is 0 Å². The lowest BCUT2D eigenvalue weighted by Crippen LogP contribution is -2.65. The number of imide groups is 1. The van der Waals surface area contributed by atoms with E-state index in [1.54, 1.807) is 42.4 Å². The Morgan fingerprint density at radius 3 is 2.41 bits per heavy atom. The number of amides is 3. The average molecular weight is 383 g/mol. The first-order chi connectivity index (χ1) is 13.1. The molecule has 0 spiro atoms. The van der Waals surface area contributed by atoms with Gasteiger partial charge in [0.1, 0.15) is 0 Å². The minimum absolute atomic E-state index is 0.217. The Hall–Kier alpha value is -2.86. The van der Waals surface area contributed by atoms with Gasteiger partial charge in [0.15, 0.2) is 12.2 Å². The van der Waals surface area contributed by atoms with E-state index in [2.05, 4.69) is 4.99 Å². The van der Waals surface area contributed by atoms with Gasteiger partial charge in [-0.2, -0.15) is 0 Å². The molecule has 0 N–H and O–H groups in total. The predicted molar refractivity (Wildman–Crippen MR) is 105 cm³/mol. The molecule has 2 heterocycles. The Balaban J connectivity index is 1.69. The second-order valence-electron chi connectivity index (χ2n) is 6.49. The number of nitrogens with zero attached hydrogens (tertiary/aromatic N) is 4. The number of halogens is 1. The highest BCUT2D eigenvalue weighted by Gasteiger charge is 2.50. The van der Waals surface area contributed by atoms with Crippen LogP contribution in [0.5, 0.6) is 0 Å². The fraction of sp³-hybridized carbons (Fsp3) is 0.250. The van der Waals surface area contributed by atoms with Gasteiger partial charge in [-0.1, -0.05) is 41.9 Å². The smallest absolute Gasteiger partial charge is 0.333 e. The molecule has 2 atom stereocenters. The normalized spacial score (nSPS) is 21.8. The molecule has 0 aromatic heterocycles. The molecule has 2 aromatic rings. The van der Waals surface area contributed by atoms with Crippen molar-refractivity contribution in [3.05, 3.63) is 65.2 Å². The molecule has 7 heteroatoms. The molecule has 0 bridgehead atoms. The lowest BCUT2D eigenvalue weighted by molar-refractivity contribution is -0.133. The molecule has 2 aliphatic heterocycles. The number of benzene rings is 2. The molecule has 1 fully saturated rings. The first-order valence-corrected chi connectivity index (χ1v) is 9.21. The van der Waals surface area contributed by atoms with Crippen LogP contribution < -0.4 is 4.90 Å². The van der Waals surface area contributed by atoms with Crippen LogP contribution in [0.2, 0.25) is 5.02 Å². The molecule has 1 saturated heterocycles. The molecule has 0 saturated carbocycles. The van der Waals surface area contributed by atoms with Crippen LogP contribution in [-0.2, 0) is 11.3 Å².